The fourth-order valence-corrected chi connectivity index (χ4v) is 1.71. The Morgan fingerprint density at radius 2 is 2.00 bits per heavy atom. The molecule has 6 heteroatoms. The van der Waals surface area contributed by atoms with Crippen molar-refractivity contribution in [2.75, 3.05) is 0 Å². The van der Waals surface area contributed by atoms with Gasteiger partial charge >= 0.3 is 7.60 Å². The third-order valence-corrected chi connectivity index (χ3v) is 2.55. The van der Waals surface area contributed by atoms with Crippen LogP contribution in [-0.2, 0) is 4.57 Å². The molecule has 1 aromatic carbocycles. The topological polar surface area (TPSA) is 82.2 Å². The zero-order valence-electron chi connectivity index (χ0n) is 5.88. The molecule has 0 aromatic heterocycles. The van der Waals surface area contributed by atoms with Crippen LogP contribution >= 0.6 is 7.60 Å². The third kappa shape index (κ3) is 0.992. The lowest BCUT2D eigenvalue weighted by Gasteiger charge is -2.12. The van der Waals surface area contributed by atoms with E-state index in [2.05, 4.69) is 10.2 Å². The van der Waals surface area contributed by atoms with Gasteiger partial charge in [-0.3, -0.25) is 4.57 Å². The van der Waals surface area contributed by atoms with Crippen molar-refractivity contribution in [2.24, 2.45) is 10.2 Å². The lowest BCUT2D eigenvalue weighted by Crippen LogP contribution is -2.05. The largest absolute Gasteiger partial charge is 0.358 e. The van der Waals surface area contributed by atoms with Crippen molar-refractivity contribution < 1.29 is 14.4 Å². The van der Waals surface area contributed by atoms with Gasteiger partial charge in [-0.1, -0.05) is 6.07 Å². The van der Waals surface area contributed by atoms with Gasteiger partial charge in [-0.15, -0.1) is 10.2 Å². The van der Waals surface area contributed by atoms with Gasteiger partial charge in [-0.05, 0) is 12.1 Å². The van der Waals surface area contributed by atoms with Crippen molar-refractivity contribution in [3.8, 4) is 0 Å². The normalized spacial score (nSPS) is 13.8. The first-order valence-corrected chi connectivity index (χ1v) is 4.81. The maximum atomic E-state index is 10.8. The quantitative estimate of drug-likeness (QED) is 0.653. The highest BCUT2D eigenvalue weighted by Crippen LogP contribution is 2.45. The van der Waals surface area contributed by atoms with Crippen molar-refractivity contribution >= 4 is 24.3 Å². The molecule has 0 radical (unpaired) electrons. The molecule has 0 fully saturated rings. The second-order valence-corrected chi connectivity index (χ2v) is 3.96. The van der Waals surface area contributed by atoms with Gasteiger partial charge in [0.15, 0.2) is 0 Å². The van der Waals surface area contributed by atoms with Crippen LogP contribution < -0.4 is 5.30 Å². The van der Waals surface area contributed by atoms with Crippen LogP contribution in [0.4, 0.5) is 11.4 Å². The molecule has 0 bridgehead atoms. The molecule has 0 saturated carbocycles. The van der Waals surface area contributed by atoms with Gasteiger partial charge in [0, 0.05) is 0 Å². The van der Waals surface area contributed by atoms with Gasteiger partial charge in [0.2, 0.25) is 0 Å². The van der Waals surface area contributed by atoms with Crippen molar-refractivity contribution in [2.45, 2.75) is 0 Å². The van der Waals surface area contributed by atoms with E-state index in [1.165, 1.54) is 6.07 Å². The van der Waals surface area contributed by atoms with Crippen LogP contribution in [0, 0.1) is 0 Å². The highest BCUT2D eigenvalue weighted by molar-refractivity contribution is 7.60. The van der Waals surface area contributed by atoms with Crippen molar-refractivity contribution in [3.63, 3.8) is 0 Å². The molecular weight excluding hydrogens is 179 g/mol. The van der Waals surface area contributed by atoms with Gasteiger partial charge in [0.05, 0.1) is 5.30 Å². The minimum atomic E-state index is -4.19. The Hall–Kier alpha value is -1.03. The van der Waals surface area contributed by atoms with Crippen LogP contribution in [0.3, 0.4) is 0 Å². The molecule has 1 aromatic rings. The third-order valence-electron chi connectivity index (χ3n) is 1.56. The van der Waals surface area contributed by atoms with E-state index in [1.807, 2.05) is 0 Å². The van der Waals surface area contributed by atoms with E-state index in [-0.39, 0.29) is 5.30 Å². The fourth-order valence-electron chi connectivity index (χ4n) is 0.997. The highest BCUT2D eigenvalue weighted by atomic mass is 31.2. The molecule has 2 rings (SSSR count). The maximum Gasteiger partial charge on any atom is 0.358 e. The number of hydrogen-bond donors (Lipinski definition) is 2. The average Bonchev–Trinajstić information content (AvgIpc) is 1.88. The summed E-state index contributed by atoms with van der Waals surface area (Å²) in [5, 5.41) is 7.07. The summed E-state index contributed by atoms with van der Waals surface area (Å²) in [6.07, 6.45) is 0. The first-order chi connectivity index (χ1) is 5.59. The second-order valence-electron chi connectivity index (χ2n) is 2.39. The van der Waals surface area contributed by atoms with Gasteiger partial charge in [0.1, 0.15) is 11.4 Å². The molecule has 0 aliphatic carbocycles. The smallest absolute Gasteiger partial charge is 0.321 e. The molecular formula is C6H5N2O3P. The summed E-state index contributed by atoms with van der Waals surface area (Å²) in [6.45, 7) is 0. The molecule has 0 atom stereocenters. The first-order valence-electron chi connectivity index (χ1n) is 3.20. The van der Waals surface area contributed by atoms with Gasteiger partial charge in [-0.25, -0.2) is 0 Å². The maximum absolute atomic E-state index is 10.8. The van der Waals surface area contributed by atoms with E-state index in [0.29, 0.717) is 11.4 Å². The molecule has 2 N–H and O–H groups in total. The average molecular weight is 184 g/mol. The van der Waals surface area contributed by atoms with Crippen molar-refractivity contribution in [3.05, 3.63) is 18.2 Å². The van der Waals surface area contributed by atoms with Gasteiger partial charge in [0.25, 0.3) is 0 Å². The van der Waals surface area contributed by atoms with Crippen LogP contribution in [0.15, 0.2) is 28.4 Å². The number of nitrogens with zero attached hydrogens (tertiary/aromatic N) is 2. The van der Waals surface area contributed by atoms with Crippen LogP contribution in [0.2, 0.25) is 0 Å². The Morgan fingerprint density at radius 1 is 1.25 bits per heavy atom. The lowest BCUT2D eigenvalue weighted by atomic mass is 10.2. The summed E-state index contributed by atoms with van der Waals surface area (Å²) >= 11 is 0. The Labute approximate surface area is 67.9 Å². The molecule has 0 amide bonds. The predicted molar refractivity (Wildman–Crippen MR) is 42.3 cm³/mol. The summed E-state index contributed by atoms with van der Waals surface area (Å²) in [6, 6.07) is 4.56. The van der Waals surface area contributed by atoms with Crippen LogP contribution in [0.25, 0.3) is 0 Å². The lowest BCUT2D eigenvalue weighted by molar-refractivity contribution is 0.387. The first kappa shape index (κ1) is 7.61. The molecule has 0 saturated heterocycles. The van der Waals surface area contributed by atoms with Gasteiger partial charge in [-0.2, -0.15) is 0 Å². The fraction of sp³-hybridized carbons (Fsp3) is 0. The summed E-state index contributed by atoms with van der Waals surface area (Å²) < 4.78 is 10.8. The highest BCUT2D eigenvalue weighted by Gasteiger charge is 2.26. The molecule has 62 valence electrons. The van der Waals surface area contributed by atoms with E-state index in [1.54, 1.807) is 12.1 Å². The molecule has 12 heavy (non-hydrogen) atoms. The molecule has 1 aliphatic rings. The minimum absolute atomic E-state index is 0.0463. The summed E-state index contributed by atoms with van der Waals surface area (Å²) in [7, 11) is -4.19. The number of fused-ring (bicyclic) bond motifs is 1. The molecule has 0 unspecified atom stereocenters. The van der Waals surface area contributed by atoms with Gasteiger partial charge < -0.3 is 9.79 Å². The summed E-state index contributed by atoms with van der Waals surface area (Å²) in [5.41, 5.74) is 0.849. The van der Waals surface area contributed by atoms with E-state index < -0.39 is 7.60 Å². The Bertz CT molecular complexity index is 409. The van der Waals surface area contributed by atoms with Crippen LogP contribution in [0.5, 0.6) is 0 Å². The van der Waals surface area contributed by atoms with Crippen molar-refractivity contribution in [1.29, 1.82) is 0 Å². The van der Waals surface area contributed by atoms with E-state index >= 15 is 0 Å². The Morgan fingerprint density at radius 3 is 2.42 bits per heavy atom. The zero-order valence-corrected chi connectivity index (χ0v) is 6.77. The Balaban J connectivity index is 2.63. The summed E-state index contributed by atoms with van der Waals surface area (Å²) in [5.74, 6) is 0. The minimum Gasteiger partial charge on any atom is -0.321 e. The van der Waals surface area contributed by atoms with Crippen molar-refractivity contribution in [1.82, 2.24) is 0 Å². The SMILES string of the molecule is O=P(O)(O)c1cccc2c1N=N2. The standard InChI is InChI=1S/C6H5N2O3P/c9-12(10,11)5-3-1-2-4-6(5)8-7-4/h1-3H,(H2,9,10,11). The molecule has 5 nitrogen and oxygen atoms in total. The zero-order chi connectivity index (χ0) is 8.77. The van der Waals surface area contributed by atoms with Crippen LogP contribution in [0.1, 0.15) is 0 Å². The number of rotatable bonds is 1. The van der Waals surface area contributed by atoms with E-state index in [4.69, 9.17) is 9.79 Å². The van der Waals surface area contributed by atoms with E-state index in [0.717, 1.165) is 0 Å². The molecule has 1 aliphatic heterocycles. The molecule has 0 spiro atoms. The van der Waals surface area contributed by atoms with Crippen LogP contribution in [-0.4, -0.2) is 9.79 Å². The van der Waals surface area contributed by atoms with E-state index in [9.17, 15) is 4.57 Å². The summed E-state index contributed by atoms with van der Waals surface area (Å²) in [4.78, 5) is 17.7. The number of benzene rings is 1. The Kier molecular flexibility index (Phi) is 1.41. The second kappa shape index (κ2) is 2.23. The predicted octanol–water partition coefficient (Wildman–Crippen LogP) is 1.22. The molecule has 1 heterocycles. The number of hydrogen-bond acceptors (Lipinski definition) is 3. The monoisotopic (exact) mass is 184 g/mol. The number of azo groups is 1.